The normalized spacial score (nSPS) is 14.1. The Labute approximate surface area is 175 Å². The van der Waals surface area contributed by atoms with Gasteiger partial charge >= 0.3 is 0 Å². The largest absolute Gasteiger partial charge is 0.497 e. The number of nitrogens with zero attached hydrogens (tertiary/aromatic N) is 4. The number of ether oxygens (including phenoxy) is 1. The molecule has 3 aromatic rings. The van der Waals surface area contributed by atoms with Crippen molar-refractivity contribution < 1.29 is 9.53 Å². The van der Waals surface area contributed by atoms with Gasteiger partial charge in [-0.3, -0.25) is 9.36 Å². The number of benzene rings is 2. The SMILES string of the molecule is COc1ccc(CC(=O)N2CCN(c3nccn3-c3cccc(Cl)c3)CC2)cc1. The average Bonchev–Trinajstić information content (AvgIpc) is 3.24. The van der Waals surface area contributed by atoms with Crippen LogP contribution >= 0.6 is 11.6 Å². The lowest BCUT2D eigenvalue weighted by molar-refractivity contribution is -0.130. The second-order valence-electron chi connectivity index (χ2n) is 6.97. The van der Waals surface area contributed by atoms with Gasteiger partial charge in [0, 0.05) is 49.3 Å². The van der Waals surface area contributed by atoms with Gasteiger partial charge < -0.3 is 14.5 Å². The van der Waals surface area contributed by atoms with Crippen LogP contribution in [0.3, 0.4) is 0 Å². The van der Waals surface area contributed by atoms with E-state index in [9.17, 15) is 4.79 Å². The number of anilines is 1. The summed E-state index contributed by atoms with van der Waals surface area (Å²) in [5.74, 6) is 1.81. The van der Waals surface area contributed by atoms with E-state index in [0.29, 0.717) is 24.5 Å². The summed E-state index contributed by atoms with van der Waals surface area (Å²) in [4.78, 5) is 21.3. The van der Waals surface area contributed by atoms with Gasteiger partial charge in [0.25, 0.3) is 0 Å². The molecule has 1 aliphatic heterocycles. The second kappa shape index (κ2) is 8.57. The molecule has 0 saturated carbocycles. The van der Waals surface area contributed by atoms with E-state index in [1.54, 1.807) is 13.3 Å². The highest BCUT2D eigenvalue weighted by Gasteiger charge is 2.24. The number of carbonyl (C=O) groups excluding carboxylic acids is 1. The van der Waals surface area contributed by atoms with Crippen LogP contribution < -0.4 is 9.64 Å². The van der Waals surface area contributed by atoms with Crippen molar-refractivity contribution in [2.24, 2.45) is 0 Å². The van der Waals surface area contributed by atoms with Crippen LogP contribution in [-0.4, -0.2) is 53.6 Å². The highest BCUT2D eigenvalue weighted by molar-refractivity contribution is 6.30. The first-order chi connectivity index (χ1) is 14.1. The number of rotatable bonds is 5. The van der Waals surface area contributed by atoms with Crippen molar-refractivity contribution in [3.63, 3.8) is 0 Å². The van der Waals surface area contributed by atoms with Gasteiger partial charge in [0.05, 0.1) is 13.5 Å². The lowest BCUT2D eigenvalue weighted by Crippen LogP contribution is -2.49. The van der Waals surface area contributed by atoms with Gasteiger partial charge in [-0.25, -0.2) is 4.98 Å². The number of amides is 1. The van der Waals surface area contributed by atoms with Crippen molar-refractivity contribution in [2.75, 3.05) is 38.2 Å². The Bertz CT molecular complexity index is 978. The Kier molecular flexibility index (Phi) is 5.71. The predicted molar refractivity (Wildman–Crippen MR) is 114 cm³/mol. The standard InChI is InChI=1S/C22H23ClN4O2/c1-29-20-7-5-17(6-8-20)15-21(28)25-11-13-26(14-12-25)22-24-9-10-27(22)19-4-2-3-18(23)16-19/h2-10,16H,11-15H2,1H3. The van der Waals surface area contributed by atoms with Crippen molar-refractivity contribution in [1.82, 2.24) is 14.5 Å². The quantitative estimate of drug-likeness (QED) is 0.646. The van der Waals surface area contributed by atoms with Crippen molar-refractivity contribution >= 4 is 23.5 Å². The molecule has 6 nitrogen and oxygen atoms in total. The minimum atomic E-state index is 0.146. The molecular weight excluding hydrogens is 388 g/mol. The summed E-state index contributed by atoms with van der Waals surface area (Å²) in [7, 11) is 1.64. The first kappa shape index (κ1) is 19.3. The summed E-state index contributed by atoms with van der Waals surface area (Å²) in [6.45, 7) is 2.84. The molecule has 0 N–H and O–H groups in total. The third-order valence-corrected chi connectivity index (χ3v) is 5.37. The van der Waals surface area contributed by atoms with Crippen LogP contribution in [0.2, 0.25) is 5.02 Å². The fourth-order valence-electron chi connectivity index (χ4n) is 3.54. The third-order valence-electron chi connectivity index (χ3n) is 5.14. The van der Waals surface area contributed by atoms with Gasteiger partial charge in [-0.15, -0.1) is 0 Å². The number of hydrogen-bond donors (Lipinski definition) is 0. The van der Waals surface area contributed by atoms with Gasteiger partial charge in [-0.05, 0) is 35.9 Å². The molecule has 2 heterocycles. The topological polar surface area (TPSA) is 50.6 Å². The molecule has 1 saturated heterocycles. The summed E-state index contributed by atoms with van der Waals surface area (Å²) in [6.07, 6.45) is 4.13. The highest BCUT2D eigenvalue weighted by atomic mass is 35.5. The molecule has 1 aliphatic rings. The van der Waals surface area contributed by atoms with Crippen molar-refractivity contribution in [1.29, 1.82) is 0 Å². The highest BCUT2D eigenvalue weighted by Crippen LogP contribution is 2.22. The zero-order valence-electron chi connectivity index (χ0n) is 16.3. The van der Waals surface area contributed by atoms with E-state index >= 15 is 0 Å². The van der Waals surface area contributed by atoms with E-state index in [2.05, 4.69) is 9.88 Å². The van der Waals surface area contributed by atoms with Crippen molar-refractivity contribution in [3.05, 3.63) is 71.5 Å². The van der Waals surface area contributed by atoms with E-state index in [-0.39, 0.29) is 5.91 Å². The molecule has 0 atom stereocenters. The van der Waals surface area contributed by atoms with Gasteiger partial charge in [0.2, 0.25) is 11.9 Å². The van der Waals surface area contributed by atoms with Crippen molar-refractivity contribution in [3.8, 4) is 11.4 Å². The number of hydrogen-bond acceptors (Lipinski definition) is 4. The zero-order valence-corrected chi connectivity index (χ0v) is 17.0. The summed E-state index contributed by atoms with van der Waals surface area (Å²) in [5, 5.41) is 0.691. The van der Waals surface area contributed by atoms with E-state index in [4.69, 9.17) is 16.3 Å². The molecule has 1 fully saturated rings. The average molecular weight is 411 g/mol. The van der Waals surface area contributed by atoms with Gasteiger partial charge in [0.1, 0.15) is 5.75 Å². The van der Waals surface area contributed by atoms with Crippen LogP contribution in [0, 0.1) is 0 Å². The second-order valence-corrected chi connectivity index (χ2v) is 7.41. The first-order valence-electron chi connectivity index (χ1n) is 9.59. The summed E-state index contributed by atoms with van der Waals surface area (Å²) < 4.78 is 7.20. The zero-order chi connectivity index (χ0) is 20.2. The maximum atomic E-state index is 12.7. The molecule has 7 heteroatoms. The van der Waals surface area contributed by atoms with Crippen LogP contribution in [-0.2, 0) is 11.2 Å². The molecule has 0 bridgehead atoms. The first-order valence-corrected chi connectivity index (χ1v) is 9.97. The Balaban J connectivity index is 1.38. The molecule has 1 amide bonds. The Morgan fingerprint density at radius 3 is 2.55 bits per heavy atom. The minimum absolute atomic E-state index is 0.146. The molecule has 0 aliphatic carbocycles. The van der Waals surface area contributed by atoms with Crippen LogP contribution in [0.15, 0.2) is 60.9 Å². The van der Waals surface area contributed by atoms with Crippen LogP contribution in [0.4, 0.5) is 5.95 Å². The van der Waals surface area contributed by atoms with Crippen molar-refractivity contribution in [2.45, 2.75) is 6.42 Å². The Morgan fingerprint density at radius 2 is 1.86 bits per heavy atom. The molecule has 0 radical (unpaired) electrons. The number of aromatic nitrogens is 2. The third kappa shape index (κ3) is 4.38. The van der Waals surface area contributed by atoms with Gasteiger partial charge in [0.15, 0.2) is 0 Å². The number of carbonyl (C=O) groups is 1. The fraction of sp³-hybridized carbons (Fsp3) is 0.273. The lowest BCUT2D eigenvalue weighted by Gasteiger charge is -2.35. The van der Waals surface area contributed by atoms with Crippen LogP contribution in [0.1, 0.15) is 5.56 Å². The molecule has 0 spiro atoms. The molecule has 2 aromatic carbocycles. The molecule has 1 aromatic heterocycles. The molecule has 29 heavy (non-hydrogen) atoms. The minimum Gasteiger partial charge on any atom is -0.497 e. The van der Waals surface area contributed by atoms with Gasteiger partial charge in [-0.2, -0.15) is 0 Å². The summed E-state index contributed by atoms with van der Waals surface area (Å²) in [5.41, 5.74) is 1.97. The summed E-state index contributed by atoms with van der Waals surface area (Å²) >= 11 is 6.14. The van der Waals surface area contributed by atoms with E-state index < -0.39 is 0 Å². The lowest BCUT2D eigenvalue weighted by atomic mass is 10.1. The maximum Gasteiger partial charge on any atom is 0.227 e. The van der Waals surface area contributed by atoms with E-state index in [0.717, 1.165) is 36.0 Å². The van der Waals surface area contributed by atoms with E-state index in [1.807, 2.05) is 64.2 Å². The monoisotopic (exact) mass is 410 g/mol. The van der Waals surface area contributed by atoms with Gasteiger partial charge in [-0.1, -0.05) is 29.8 Å². The maximum absolute atomic E-state index is 12.7. The number of methoxy groups -OCH3 is 1. The Morgan fingerprint density at radius 1 is 1.10 bits per heavy atom. The smallest absolute Gasteiger partial charge is 0.227 e. The number of piperazine rings is 1. The van der Waals surface area contributed by atoms with E-state index in [1.165, 1.54) is 0 Å². The molecular formula is C22H23ClN4O2. The number of imidazole rings is 1. The van der Waals surface area contributed by atoms with Crippen LogP contribution in [0.25, 0.3) is 5.69 Å². The molecule has 150 valence electrons. The fourth-order valence-corrected chi connectivity index (χ4v) is 3.73. The summed E-state index contributed by atoms with van der Waals surface area (Å²) in [6, 6.07) is 15.4. The van der Waals surface area contributed by atoms with Crippen LogP contribution in [0.5, 0.6) is 5.75 Å². The molecule has 4 rings (SSSR count). The number of halogens is 1. The predicted octanol–water partition coefficient (Wildman–Crippen LogP) is 3.43. The molecule has 0 unspecified atom stereocenters. The Hall–Kier alpha value is -2.99.